The first kappa shape index (κ1) is 17.2. The fourth-order valence-corrected chi connectivity index (χ4v) is 3.33. The van der Waals surface area contributed by atoms with Gasteiger partial charge in [0, 0.05) is 50.8 Å². The first-order chi connectivity index (χ1) is 12.0. The predicted molar refractivity (Wildman–Crippen MR) is 92.3 cm³/mol. The summed E-state index contributed by atoms with van der Waals surface area (Å²) in [6, 6.07) is 0. The van der Waals surface area contributed by atoms with E-state index in [1.165, 1.54) is 13.2 Å². The number of aromatic amines is 1. The number of H-pyrrole nitrogens is 1. The van der Waals surface area contributed by atoms with Gasteiger partial charge in [-0.3, -0.25) is 14.2 Å². The Morgan fingerprint density at radius 3 is 2.92 bits per heavy atom. The van der Waals surface area contributed by atoms with Crippen LogP contribution in [0.3, 0.4) is 0 Å². The number of hydrogen-bond acceptors (Lipinski definition) is 4. The quantitative estimate of drug-likeness (QED) is 0.848. The summed E-state index contributed by atoms with van der Waals surface area (Å²) in [4.78, 5) is 44.6. The number of aryl methyl sites for hydroxylation is 1. The SMILES string of the molecule is Cc1nccn1C[C@@H]1CCCN(C(=O)Cc2c[nH]c(=O)n(C)c2=O)C1. The van der Waals surface area contributed by atoms with Crippen LogP contribution in [0.1, 0.15) is 24.2 Å². The van der Waals surface area contributed by atoms with E-state index in [4.69, 9.17) is 0 Å². The fourth-order valence-electron chi connectivity index (χ4n) is 3.33. The molecule has 3 heterocycles. The van der Waals surface area contributed by atoms with Crippen molar-refractivity contribution in [1.29, 1.82) is 0 Å². The molecule has 1 atom stereocenters. The molecule has 1 fully saturated rings. The zero-order valence-electron chi connectivity index (χ0n) is 14.6. The van der Waals surface area contributed by atoms with Crippen LogP contribution in [0.4, 0.5) is 0 Å². The van der Waals surface area contributed by atoms with Crippen molar-refractivity contribution in [1.82, 2.24) is 24.0 Å². The minimum Gasteiger partial charge on any atom is -0.342 e. The summed E-state index contributed by atoms with van der Waals surface area (Å²) < 4.78 is 3.10. The van der Waals surface area contributed by atoms with E-state index < -0.39 is 11.2 Å². The fraction of sp³-hybridized carbons (Fsp3) is 0.529. The van der Waals surface area contributed by atoms with E-state index in [0.29, 0.717) is 24.6 Å². The van der Waals surface area contributed by atoms with E-state index in [2.05, 4.69) is 14.5 Å². The maximum Gasteiger partial charge on any atom is 0.328 e. The molecule has 1 N–H and O–H groups in total. The molecule has 1 saturated heterocycles. The highest BCUT2D eigenvalue weighted by Gasteiger charge is 2.25. The Morgan fingerprint density at radius 1 is 1.40 bits per heavy atom. The van der Waals surface area contributed by atoms with E-state index in [0.717, 1.165) is 29.8 Å². The van der Waals surface area contributed by atoms with Gasteiger partial charge in [-0.15, -0.1) is 0 Å². The van der Waals surface area contributed by atoms with Crippen molar-refractivity contribution in [2.24, 2.45) is 13.0 Å². The van der Waals surface area contributed by atoms with Gasteiger partial charge in [-0.05, 0) is 25.7 Å². The molecule has 1 amide bonds. The van der Waals surface area contributed by atoms with Gasteiger partial charge < -0.3 is 14.5 Å². The average molecular weight is 345 g/mol. The maximum atomic E-state index is 12.6. The molecule has 0 aliphatic carbocycles. The molecule has 0 radical (unpaired) electrons. The van der Waals surface area contributed by atoms with Crippen molar-refractivity contribution >= 4 is 5.91 Å². The molecule has 2 aromatic heterocycles. The van der Waals surface area contributed by atoms with Crippen LogP contribution in [0, 0.1) is 12.8 Å². The second-order valence-corrected chi connectivity index (χ2v) is 6.63. The molecule has 8 nitrogen and oxygen atoms in total. The van der Waals surface area contributed by atoms with Crippen LogP contribution in [0.15, 0.2) is 28.2 Å². The smallest absolute Gasteiger partial charge is 0.328 e. The summed E-state index contributed by atoms with van der Waals surface area (Å²) in [5.74, 6) is 1.28. The van der Waals surface area contributed by atoms with Crippen molar-refractivity contribution in [3.05, 3.63) is 50.8 Å². The molecule has 0 unspecified atom stereocenters. The molecule has 0 bridgehead atoms. The van der Waals surface area contributed by atoms with E-state index in [-0.39, 0.29) is 12.3 Å². The second-order valence-electron chi connectivity index (χ2n) is 6.63. The van der Waals surface area contributed by atoms with Gasteiger partial charge in [0.25, 0.3) is 5.56 Å². The van der Waals surface area contributed by atoms with Crippen LogP contribution >= 0.6 is 0 Å². The van der Waals surface area contributed by atoms with Crippen molar-refractivity contribution in [3.63, 3.8) is 0 Å². The maximum absolute atomic E-state index is 12.6. The molecule has 0 saturated carbocycles. The van der Waals surface area contributed by atoms with Crippen LogP contribution in [-0.2, 0) is 24.8 Å². The highest BCUT2D eigenvalue weighted by molar-refractivity contribution is 5.78. The van der Waals surface area contributed by atoms with Gasteiger partial charge in [-0.1, -0.05) is 0 Å². The predicted octanol–water partition coefficient (Wildman–Crippen LogP) is 0.0598. The summed E-state index contributed by atoms with van der Waals surface area (Å²) >= 11 is 0. The van der Waals surface area contributed by atoms with Crippen molar-refractivity contribution < 1.29 is 4.79 Å². The number of nitrogens with zero attached hydrogens (tertiary/aromatic N) is 4. The lowest BCUT2D eigenvalue weighted by atomic mass is 9.97. The van der Waals surface area contributed by atoms with E-state index in [1.54, 1.807) is 6.20 Å². The molecule has 2 aromatic rings. The topological polar surface area (TPSA) is 93.0 Å². The van der Waals surface area contributed by atoms with Gasteiger partial charge in [-0.25, -0.2) is 9.78 Å². The Kier molecular flexibility index (Phi) is 4.87. The Morgan fingerprint density at radius 2 is 2.20 bits per heavy atom. The van der Waals surface area contributed by atoms with E-state index >= 15 is 0 Å². The summed E-state index contributed by atoms with van der Waals surface area (Å²) in [7, 11) is 1.40. The van der Waals surface area contributed by atoms with Crippen LogP contribution in [-0.4, -0.2) is 43.0 Å². The molecular weight excluding hydrogens is 322 g/mol. The standard InChI is InChI=1S/C17H23N5O3/c1-12-18-5-7-21(12)10-13-4-3-6-22(11-13)15(23)8-14-9-19-17(25)20(2)16(14)24/h5,7,9,13H,3-4,6,8,10-11H2,1-2H3,(H,19,25)/t13-/m0/s1. The van der Waals surface area contributed by atoms with Gasteiger partial charge >= 0.3 is 5.69 Å². The van der Waals surface area contributed by atoms with Gasteiger partial charge in [0.2, 0.25) is 5.91 Å². The summed E-state index contributed by atoms with van der Waals surface area (Å²) in [6.45, 7) is 4.20. The number of rotatable bonds is 4. The van der Waals surface area contributed by atoms with Crippen molar-refractivity contribution in [2.45, 2.75) is 32.7 Å². The number of hydrogen-bond donors (Lipinski definition) is 1. The number of aromatic nitrogens is 4. The molecule has 134 valence electrons. The third-order valence-corrected chi connectivity index (χ3v) is 4.85. The Labute approximate surface area is 145 Å². The summed E-state index contributed by atoms with van der Waals surface area (Å²) in [6.07, 6.45) is 7.13. The molecule has 0 spiro atoms. The lowest BCUT2D eigenvalue weighted by Gasteiger charge is -2.33. The minimum absolute atomic E-state index is 0.0142. The first-order valence-corrected chi connectivity index (χ1v) is 8.49. The molecule has 1 aliphatic rings. The van der Waals surface area contributed by atoms with E-state index in [9.17, 15) is 14.4 Å². The van der Waals surface area contributed by atoms with Gasteiger partial charge in [0.15, 0.2) is 0 Å². The monoisotopic (exact) mass is 345 g/mol. The van der Waals surface area contributed by atoms with Crippen LogP contribution in [0.5, 0.6) is 0 Å². The average Bonchev–Trinajstić information content (AvgIpc) is 3.00. The molecule has 3 rings (SSSR count). The number of carbonyl (C=O) groups excluding carboxylic acids is 1. The Balaban J connectivity index is 1.66. The largest absolute Gasteiger partial charge is 0.342 e. The van der Waals surface area contributed by atoms with Crippen LogP contribution < -0.4 is 11.2 Å². The Bertz CT molecular complexity index is 879. The number of imidazole rings is 1. The van der Waals surface area contributed by atoms with Gasteiger partial charge in [-0.2, -0.15) is 0 Å². The summed E-state index contributed by atoms with van der Waals surface area (Å²) in [5.41, 5.74) is -0.575. The number of amides is 1. The molecule has 0 aromatic carbocycles. The number of likely N-dealkylation sites (tertiary alicyclic amines) is 1. The highest BCUT2D eigenvalue weighted by Crippen LogP contribution is 2.19. The molecule has 1 aliphatic heterocycles. The van der Waals surface area contributed by atoms with E-state index in [1.807, 2.05) is 18.0 Å². The lowest BCUT2D eigenvalue weighted by molar-refractivity contribution is -0.132. The van der Waals surface area contributed by atoms with Crippen LogP contribution in [0.25, 0.3) is 0 Å². The third-order valence-electron chi connectivity index (χ3n) is 4.85. The molecule has 25 heavy (non-hydrogen) atoms. The Hall–Kier alpha value is -2.64. The third kappa shape index (κ3) is 3.72. The molecular formula is C17H23N5O3. The van der Waals surface area contributed by atoms with Crippen molar-refractivity contribution in [2.75, 3.05) is 13.1 Å². The van der Waals surface area contributed by atoms with Gasteiger partial charge in [0.1, 0.15) is 5.82 Å². The zero-order chi connectivity index (χ0) is 18.0. The van der Waals surface area contributed by atoms with Crippen molar-refractivity contribution in [3.8, 4) is 0 Å². The minimum atomic E-state index is -0.477. The summed E-state index contributed by atoms with van der Waals surface area (Å²) in [5, 5.41) is 0. The zero-order valence-corrected chi connectivity index (χ0v) is 14.6. The molecule has 8 heteroatoms. The number of nitrogens with one attached hydrogen (secondary N) is 1. The first-order valence-electron chi connectivity index (χ1n) is 8.49. The number of piperidine rings is 1. The van der Waals surface area contributed by atoms with Crippen LogP contribution in [0.2, 0.25) is 0 Å². The normalized spacial score (nSPS) is 17.7. The highest BCUT2D eigenvalue weighted by atomic mass is 16.2. The van der Waals surface area contributed by atoms with Gasteiger partial charge in [0.05, 0.1) is 6.42 Å². The lowest BCUT2D eigenvalue weighted by Crippen LogP contribution is -2.43. The second kappa shape index (κ2) is 7.08. The number of carbonyl (C=O) groups is 1.